The Hall–Kier alpha value is -2.78. The Morgan fingerprint density at radius 1 is 0.923 bits per heavy atom. The average molecular weight is 346 g/mol. The maximum atomic E-state index is 9.22. The molecule has 1 aliphatic heterocycles. The van der Waals surface area contributed by atoms with Gasteiger partial charge >= 0.3 is 0 Å². The number of hydrogen-bond donors (Lipinski definition) is 1. The summed E-state index contributed by atoms with van der Waals surface area (Å²) in [5.74, 6) is 1.74. The van der Waals surface area contributed by atoms with Crippen molar-refractivity contribution in [2.24, 2.45) is 0 Å². The Labute approximate surface area is 153 Å². The molecule has 0 spiro atoms. The Kier molecular flexibility index (Phi) is 4.63. The molecule has 0 saturated heterocycles. The highest BCUT2D eigenvalue weighted by Gasteiger charge is 2.17. The van der Waals surface area contributed by atoms with Crippen LogP contribution in [0, 0.1) is 0 Å². The van der Waals surface area contributed by atoms with Crippen molar-refractivity contribution in [2.45, 2.75) is 33.2 Å². The van der Waals surface area contributed by atoms with Crippen LogP contribution in [-0.2, 0) is 26.2 Å². The molecule has 0 aliphatic carbocycles. The predicted octanol–water partition coefficient (Wildman–Crippen LogP) is 4.88. The minimum Gasteiger partial charge on any atom is -0.489 e. The van der Waals surface area contributed by atoms with Crippen molar-refractivity contribution in [3.05, 3.63) is 82.9 Å². The molecule has 132 valence electrons. The van der Waals surface area contributed by atoms with Gasteiger partial charge in [-0.15, -0.1) is 0 Å². The van der Waals surface area contributed by atoms with Crippen LogP contribution >= 0.6 is 0 Å². The smallest absolute Gasteiger partial charge is 0.127 e. The largest absolute Gasteiger partial charge is 0.489 e. The van der Waals surface area contributed by atoms with E-state index >= 15 is 0 Å². The first kappa shape index (κ1) is 16.7. The van der Waals surface area contributed by atoms with Gasteiger partial charge in [-0.3, -0.25) is 0 Å². The lowest BCUT2D eigenvalue weighted by molar-refractivity contribution is 0.277. The van der Waals surface area contributed by atoms with Gasteiger partial charge in [-0.25, -0.2) is 0 Å². The normalized spacial score (nSPS) is 12.1. The second kappa shape index (κ2) is 7.22. The third-order valence-electron chi connectivity index (χ3n) is 4.78. The van der Waals surface area contributed by atoms with Crippen LogP contribution in [0.5, 0.6) is 11.5 Å². The van der Waals surface area contributed by atoms with Gasteiger partial charge in [0, 0.05) is 5.56 Å². The Morgan fingerprint density at radius 2 is 1.77 bits per heavy atom. The van der Waals surface area contributed by atoms with Crippen LogP contribution in [0.15, 0.2) is 60.7 Å². The summed E-state index contributed by atoms with van der Waals surface area (Å²) in [6.45, 7) is 3.25. The lowest BCUT2D eigenvalue weighted by Gasteiger charge is -2.22. The topological polar surface area (TPSA) is 38.7 Å². The monoisotopic (exact) mass is 346 g/mol. The third kappa shape index (κ3) is 3.31. The van der Waals surface area contributed by atoms with Crippen LogP contribution in [0.2, 0.25) is 0 Å². The van der Waals surface area contributed by atoms with E-state index in [1.54, 1.807) is 0 Å². The summed E-state index contributed by atoms with van der Waals surface area (Å²) in [6.07, 6.45) is 1.01. The minimum atomic E-state index is 0.0204. The van der Waals surface area contributed by atoms with Gasteiger partial charge < -0.3 is 14.6 Å². The lowest BCUT2D eigenvalue weighted by atomic mass is 9.94. The molecule has 0 atom stereocenters. The van der Waals surface area contributed by atoms with E-state index in [0.29, 0.717) is 13.2 Å². The Morgan fingerprint density at radius 3 is 2.62 bits per heavy atom. The van der Waals surface area contributed by atoms with Crippen molar-refractivity contribution < 1.29 is 14.6 Å². The zero-order chi connectivity index (χ0) is 17.9. The molecule has 4 rings (SSSR count). The highest BCUT2D eigenvalue weighted by Crippen LogP contribution is 2.38. The van der Waals surface area contributed by atoms with Crippen LogP contribution < -0.4 is 9.47 Å². The first-order valence-corrected chi connectivity index (χ1v) is 8.97. The molecule has 0 fully saturated rings. The quantitative estimate of drug-likeness (QED) is 0.715. The van der Waals surface area contributed by atoms with E-state index < -0.39 is 0 Å². The molecule has 3 aromatic carbocycles. The van der Waals surface area contributed by atoms with Gasteiger partial charge in [0.05, 0.1) is 6.61 Å². The van der Waals surface area contributed by atoms with Gasteiger partial charge in [-0.1, -0.05) is 43.3 Å². The number of aliphatic hydroxyl groups is 1. The maximum Gasteiger partial charge on any atom is 0.127 e. The zero-order valence-corrected chi connectivity index (χ0v) is 14.9. The summed E-state index contributed by atoms with van der Waals surface area (Å²) >= 11 is 0. The van der Waals surface area contributed by atoms with E-state index in [0.717, 1.165) is 34.6 Å². The van der Waals surface area contributed by atoms with Crippen molar-refractivity contribution in [1.82, 2.24) is 0 Å². The molecule has 1 N–H and O–H groups in total. The average Bonchev–Trinajstić information content (AvgIpc) is 2.71. The van der Waals surface area contributed by atoms with Crippen molar-refractivity contribution >= 4 is 0 Å². The Bertz CT molecular complexity index is 930. The van der Waals surface area contributed by atoms with Crippen LogP contribution in [-0.4, -0.2) is 5.11 Å². The van der Waals surface area contributed by atoms with E-state index in [-0.39, 0.29) is 6.61 Å². The van der Waals surface area contributed by atoms with E-state index in [4.69, 9.17) is 9.47 Å². The number of fused-ring (bicyclic) bond motifs is 3. The lowest BCUT2D eigenvalue weighted by Crippen LogP contribution is -2.07. The Balaban J connectivity index is 1.54. The number of benzene rings is 3. The molecule has 0 saturated carbocycles. The number of hydrogen-bond acceptors (Lipinski definition) is 3. The highest BCUT2D eigenvalue weighted by molar-refractivity contribution is 5.75. The molecule has 0 aromatic heterocycles. The molecule has 0 unspecified atom stereocenters. The molecule has 1 heterocycles. The molecule has 26 heavy (non-hydrogen) atoms. The van der Waals surface area contributed by atoms with E-state index in [2.05, 4.69) is 43.3 Å². The second-order valence-corrected chi connectivity index (χ2v) is 6.56. The molecule has 0 amide bonds. The standard InChI is InChI=1S/C23H22O3/c1-2-16-6-9-22-21-8-7-18(10-19(21)15-26-23(22)12-16)14-25-20-5-3-4-17(11-20)13-24/h3-12,24H,2,13-15H2,1H3. The fraction of sp³-hybridized carbons (Fsp3) is 0.217. The number of ether oxygens (including phenoxy) is 2. The summed E-state index contributed by atoms with van der Waals surface area (Å²) in [4.78, 5) is 0. The number of rotatable bonds is 5. The fourth-order valence-electron chi connectivity index (χ4n) is 3.30. The fourth-order valence-corrected chi connectivity index (χ4v) is 3.30. The second-order valence-electron chi connectivity index (χ2n) is 6.56. The van der Waals surface area contributed by atoms with Crippen LogP contribution in [0.25, 0.3) is 11.1 Å². The molecule has 3 nitrogen and oxygen atoms in total. The predicted molar refractivity (Wildman–Crippen MR) is 102 cm³/mol. The number of aryl methyl sites for hydroxylation is 1. The molecular formula is C23H22O3. The van der Waals surface area contributed by atoms with Crippen molar-refractivity contribution in [3.63, 3.8) is 0 Å². The zero-order valence-electron chi connectivity index (χ0n) is 14.9. The van der Waals surface area contributed by atoms with Crippen LogP contribution in [0.3, 0.4) is 0 Å². The summed E-state index contributed by atoms with van der Waals surface area (Å²) in [6, 6.07) is 20.4. The highest BCUT2D eigenvalue weighted by atomic mass is 16.5. The van der Waals surface area contributed by atoms with Gasteiger partial charge in [0.25, 0.3) is 0 Å². The van der Waals surface area contributed by atoms with E-state index in [1.165, 1.54) is 16.7 Å². The summed E-state index contributed by atoms with van der Waals surface area (Å²) in [7, 11) is 0. The molecule has 3 heteroatoms. The van der Waals surface area contributed by atoms with Crippen molar-refractivity contribution in [1.29, 1.82) is 0 Å². The van der Waals surface area contributed by atoms with E-state index in [1.807, 2.05) is 24.3 Å². The summed E-state index contributed by atoms with van der Waals surface area (Å²) < 4.78 is 11.8. The molecule has 0 bridgehead atoms. The third-order valence-corrected chi connectivity index (χ3v) is 4.78. The molecule has 3 aromatic rings. The van der Waals surface area contributed by atoms with Crippen LogP contribution in [0.1, 0.15) is 29.2 Å². The van der Waals surface area contributed by atoms with Gasteiger partial charge in [-0.05, 0) is 58.5 Å². The van der Waals surface area contributed by atoms with Crippen molar-refractivity contribution in [2.75, 3.05) is 0 Å². The maximum absolute atomic E-state index is 9.22. The summed E-state index contributed by atoms with van der Waals surface area (Å²) in [5.41, 5.74) is 6.83. The van der Waals surface area contributed by atoms with E-state index in [9.17, 15) is 5.11 Å². The van der Waals surface area contributed by atoms with Gasteiger partial charge in [0.2, 0.25) is 0 Å². The molecule has 0 radical (unpaired) electrons. The van der Waals surface area contributed by atoms with Gasteiger partial charge in [0.15, 0.2) is 0 Å². The first-order chi connectivity index (χ1) is 12.8. The van der Waals surface area contributed by atoms with Gasteiger partial charge in [0.1, 0.15) is 24.7 Å². The first-order valence-electron chi connectivity index (χ1n) is 8.97. The molecular weight excluding hydrogens is 324 g/mol. The molecule has 1 aliphatic rings. The summed E-state index contributed by atoms with van der Waals surface area (Å²) in [5, 5.41) is 9.22. The van der Waals surface area contributed by atoms with Crippen LogP contribution in [0.4, 0.5) is 0 Å². The SMILES string of the molecule is CCc1ccc2c(c1)OCc1cc(COc3cccc(CO)c3)ccc1-2. The number of aliphatic hydroxyl groups excluding tert-OH is 1. The van der Waals surface area contributed by atoms with Gasteiger partial charge in [-0.2, -0.15) is 0 Å². The van der Waals surface area contributed by atoms with Crippen molar-refractivity contribution in [3.8, 4) is 22.6 Å². The minimum absolute atomic E-state index is 0.0204.